The first-order valence-electron chi connectivity index (χ1n) is 5.74. The van der Waals surface area contributed by atoms with Crippen LogP contribution in [0, 0.1) is 11.3 Å². The largest absolute Gasteiger partial charge is 0.496 e. The number of benzene rings is 2. The van der Waals surface area contributed by atoms with E-state index >= 15 is 0 Å². The van der Waals surface area contributed by atoms with Crippen LogP contribution in [0.5, 0.6) is 5.75 Å². The van der Waals surface area contributed by atoms with Crippen LogP contribution in [-0.2, 0) is 0 Å². The summed E-state index contributed by atoms with van der Waals surface area (Å²) in [4.78, 5) is 4.32. The predicted octanol–water partition coefficient (Wildman–Crippen LogP) is 3.84. The van der Waals surface area contributed by atoms with Gasteiger partial charge in [0.05, 0.1) is 34.5 Å². The average molecular weight is 266 g/mol. The normalized spacial score (nSPS) is 10.3. The number of hydrogen-bond acceptors (Lipinski definition) is 4. The lowest BCUT2D eigenvalue weighted by Crippen LogP contribution is -1.88. The smallest absolute Gasteiger partial charge is 0.128 e. The average Bonchev–Trinajstić information content (AvgIpc) is 2.94. The first kappa shape index (κ1) is 11.7. The van der Waals surface area contributed by atoms with Gasteiger partial charge in [0, 0.05) is 5.56 Å². The van der Waals surface area contributed by atoms with Crippen molar-refractivity contribution in [2.45, 2.75) is 0 Å². The summed E-state index contributed by atoms with van der Waals surface area (Å²) < 4.78 is 6.55. The molecule has 0 N–H and O–H groups in total. The van der Waals surface area contributed by atoms with E-state index in [0.29, 0.717) is 5.56 Å². The van der Waals surface area contributed by atoms with E-state index in [1.54, 1.807) is 18.4 Å². The summed E-state index contributed by atoms with van der Waals surface area (Å²) >= 11 is 1.59. The zero-order chi connectivity index (χ0) is 13.2. The third kappa shape index (κ3) is 1.94. The molecule has 3 nitrogen and oxygen atoms in total. The molecule has 0 aliphatic carbocycles. The molecule has 0 aliphatic rings. The Labute approximate surface area is 114 Å². The lowest BCUT2D eigenvalue weighted by molar-refractivity contribution is 0.417. The number of fused-ring (bicyclic) bond motifs is 1. The molecule has 0 bridgehead atoms. The lowest BCUT2D eigenvalue weighted by Gasteiger charge is -2.09. The fraction of sp³-hybridized carbons (Fsp3) is 0.0667. The molecule has 0 fully saturated rings. The molecule has 0 saturated heterocycles. The van der Waals surface area contributed by atoms with Crippen LogP contribution in [0.15, 0.2) is 41.9 Å². The highest BCUT2D eigenvalue weighted by Gasteiger charge is 2.12. The molecular weight excluding hydrogens is 256 g/mol. The van der Waals surface area contributed by atoms with E-state index in [9.17, 15) is 0 Å². The van der Waals surface area contributed by atoms with Crippen molar-refractivity contribution in [2.24, 2.45) is 0 Å². The number of hydrogen-bond donors (Lipinski definition) is 0. The SMILES string of the molecule is COc1ccc2ncsc2c1-c1ccc(C#N)cc1. The van der Waals surface area contributed by atoms with Gasteiger partial charge in [-0.05, 0) is 29.8 Å². The maximum atomic E-state index is 8.86. The van der Waals surface area contributed by atoms with Gasteiger partial charge in [-0.2, -0.15) is 5.26 Å². The Hall–Kier alpha value is -2.38. The lowest BCUT2D eigenvalue weighted by atomic mass is 10.0. The second kappa shape index (κ2) is 4.71. The number of thiazole rings is 1. The highest BCUT2D eigenvalue weighted by atomic mass is 32.1. The number of aromatic nitrogens is 1. The van der Waals surface area contributed by atoms with Gasteiger partial charge >= 0.3 is 0 Å². The molecule has 0 saturated carbocycles. The monoisotopic (exact) mass is 266 g/mol. The molecule has 92 valence electrons. The summed E-state index contributed by atoms with van der Waals surface area (Å²) in [6, 6.07) is 13.5. The molecule has 0 amide bonds. The van der Waals surface area contributed by atoms with Crippen LogP contribution in [0.2, 0.25) is 0 Å². The Morgan fingerprint density at radius 1 is 1.16 bits per heavy atom. The molecule has 0 radical (unpaired) electrons. The summed E-state index contributed by atoms with van der Waals surface area (Å²) in [5.74, 6) is 0.821. The van der Waals surface area contributed by atoms with E-state index in [1.165, 1.54) is 0 Å². The molecule has 0 atom stereocenters. The number of methoxy groups -OCH3 is 1. The van der Waals surface area contributed by atoms with Gasteiger partial charge in [0.25, 0.3) is 0 Å². The fourth-order valence-corrected chi connectivity index (χ4v) is 2.91. The molecule has 0 unspecified atom stereocenters. The maximum absolute atomic E-state index is 8.86. The van der Waals surface area contributed by atoms with Gasteiger partial charge in [-0.3, -0.25) is 0 Å². The predicted molar refractivity (Wildman–Crippen MR) is 76.3 cm³/mol. The molecule has 3 rings (SSSR count). The third-order valence-corrected chi connectivity index (χ3v) is 3.84. The van der Waals surface area contributed by atoms with Crippen molar-refractivity contribution < 1.29 is 4.74 Å². The van der Waals surface area contributed by atoms with Crippen LogP contribution in [0.3, 0.4) is 0 Å². The number of nitrogens with zero attached hydrogens (tertiary/aromatic N) is 2. The maximum Gasteiger partial charge on any atom is 0.128 e. The first-order chi connectivity index (χ1) is 9.33. The Kier molecular flexibility index (Phi) is 2.90. The van der Waals surface area contributed by atoms with Crippen molar-refractivity contribution in [1.29, 1.82) is 5.26 Å². The van der Waals surface area contributed by atoms with Gasteiger partial charge < -0.3 is 4.74 Å². The van der Waals surface area contributed by atoms with E-state index in [-0.39, 0.29) is 0 Å². The molecule has 19 heavy (non-hydrogen) atoms. The van der Waals surface area contributed by atoms with Crippen molar-refractivity contribution in [3.05, 3.63) is 47.5 Å². The van der Waals surface area contributed by atoms with E-state index < -0.39 is 0 Å². The number of ether oxygens (including phenoxy) is 1. The van der Waals surface area contributed by atoms with Gasteiger partial charge in [0.15, 0.2) is 0 Å². The molecule has 2 aromatic carbocycles. The minimum Gasteiger partial charge on any atom is -0.496 e. The number of nitriles is 1. The zero-order valence-electron chi connectivity index (χ0n) is 10.3. The summed E-state index contributed by atoms with van der Waals surface area (Å²) in [7, 11) is 1.66. The standard InChI is InChI=1S/C15H10N2OS/c1-18-13-7-6-12-15(19-9-17-12)14(13)11-4-2-10(8-16)3-5-11/h2-7,9H,1H3. The van der Waals surface area contributed by atoms with Gasteiger partial charge in [0.2, 0.25) is 0 Å². The van der Waals surface area contributed by atoms with Crippen molar-refractivity contribution in [3.8, 4) is 22.9 Å². The Balaban J connectivity index is 2.27. The summed E-state index contributed by atoms with van der Waals surface area (Å²) in [6.45, 7) is 0. The van der Waals surface area contributed by atoms with Crippen molar-refractivity contribution in [1.82, 2.24) is 4.98 Å². The molecule has 0 aliphatic heterocycles. The topological polar surface area (TPSA) is 45.9 Å². The Morgan fingerprint density at radius 2 is 1.95 bits per heavy atom. The molecule has 4 heteroatoms. The molecule has 1 aromatic heterocycles. The van der Waals surface area contributed by atoms with Gasteiger partial charge in [-0.25, -0.2) is 4.98 Å². The van der Waals surface area contributed by atoms with E-state index in [1.807, 2.05) is 41.9 Å². The van der Waals surface area contributed by atoms with Crippen LogP contribution >= 0.6 is 11.3 Å². The highest BCUT2D eigenvalue weighted by molar-refractivity contribution is 7.17. The zero-order valence-corrected chi connectivity index (χ0v) is 11.1. The minimum absolute atomic E-state index is 0.652. The minimum atomic E-state index is 0.652. The fourth-order valence-electron chi connectivity index (χ4n) is 2.07. The quantitative estimate of drug-likeness (QED) is 0.708. The first-order valence-corrected chi connectivity index (χ1v) is 6.62. The van der Waals surface area contributed by atoms with Crippen LogP contribution in [0.1, 0.15) is 5.56 Å². The highest BCUT2D eigenvalue weighted by Crippen LogP contribution is 2.38. The molecule has 0 spiro atoms. The van der Waals surface area contributed by atoms with E-state index in [0.717, 1.165) is 27.1 Å². The number of rotatable bonds is 2. The second-order valence-corrected chi connectivity index (χ2v) is 4.89. The van der Waals surface area contributed by atoms with Crippen LogP contribution in [-0.4, -0.2) is 12.1 Å². The van der Waals surface area contributed by atoms with Crippen molar-refractivity contribution in [3.63, 3.8) is 0 Å². The third-order valence-electron chi connectivity index (χ3n) is 2.98. The summed E-state index contributed by atoms with van der Waals surface area (Å²) in [5.41, 5.74) is 5.51. The Bertz CT molecular complexity index is 769. The van der Waals surface area contributed by atoms with Crippen LogP contribution in [0.25, 0.3) is 21.3 Å². The van der Waals surface area contributed by atoms with Crippen molar-refractivity contribution >= 4 is 21.6 Å². The van der Waals surface area contributed by atoms with Gasteiger partial charge in [0.1, 0.15) is 5.75 Å². The van der Waals surface area contributed by atoms with E-state index in [2.05, 4.69) is 11.1 Å². The van der Waals surface area contributed by atoms with Crippen LogP contribution in [0.4, 0.5) is 0 Å². The van der Waals surface area contributed by atoms with Crippen LogP contribution < -0.4 is 4.74 Å². The summed E-state index contributed by atoms with van der Waals surface area (Å²) in [6.07, 6.45) is 0. The van der Waals surface area contributed by atoms with Gasteiger partial charge in [-0.1, -0.05) is 12.1 Å². The van der Waals surface area contributed by atoms with E-state index in [4.69, 9.17) is 10.00 Å². The molecule has 3 aromatic rings. The second-order valence-electron chi connectivity index (χ2n) is 4.03. The molecular formula is C15H10N2OS. The molecule has 1 heterocycles. The van der Waals surface area contributed by atoms with Gasteiger partial charge in [-0.15, -0.1) is 11.3 Å². The summed E-state index contributed by atoms with van der Waals surface area (Å²) in [5, 5.41) is 8.86. The van der Waals surface area contributed by atoms with Crippen molar-refractivity contribution in [2.75, 3.05) is 7.11 Å². The Morgan fingerprint density at radius 3 is 2.63 bits per heavy atom.